The van der Waals surface area contributed by atoms with Gasteiger partial charge in [-0.15, -0.1) is 11.3 Å². The van der Waals surface area contributed by atoms with E-state index in [4.69, 9.17) is 4.74 Å². The summed E-state index contributed by atoms with van der Waals surface area (Å²) in [5.41, 5.74) is 1.29. The zero-order chi connectivity index (χ0) is 17.6. The van der Waals surface area contributed by atoms with E-state index in [2.05, 4.69) is 10.2 Å². The summed E-state index contributed by atoms with van der Waals surface area (Å²) >= 11 is 1.51. The summed E-state index contributed by atoms with van der Waals surface area (Å²) in [5.74, 6) is -0.0443. The summed E-state index contributed by atoms with van der Waals surface area (Å²) in [6, 6.07) is 0. The number of carbonyl (C=O) groups excluding carboxylic acids is 2. The monoisotopic (exact) mass is 365 g/mol. The molecule has 2 amide bonds. The van der Waals surface area contributed by atoms with Crippen LogP contribution in [0.25, 0.3) is 0 Å². The van der Waals surface area contributed by atoms with Crippen LogP contribution in [-0.2, 0) is 9.53 Å². The molecule has 7 heteroatoms. The molecule has 2 saturated heterocycles. The van der Waals surface area contributed by atoms with Gasteiger partial charge in [-0.3, -0.25) is 14.5 Å². The largest absolute Gasteiger partial charge is 0.378 e. The number of hydrogen-bond donors (Lipinski definition) is 1. The van der Waals surface area contributed by atoms with Crippen molar-refractivity contribution in [3.63, 3.8) is 0 Å². The predicted molar refractivity (Wildman–Crippen MR) is 99.3 cm³/mol. The first-order valence-corrected chi connectivity index (χ1v) is 10.0. The Bertz CT molecular complexity index is 603. The van der Waals surface area contributed by atoms with Crippen LogP contribution in [0.5, 0.6) is 0 Å². The van der Waals surface area contributed by atoms with E-state index < -0.39 is 0 Å². The Hall–Kier alpha value is -1.44. The molecule has 0 bridgehead atoms. The lowest BCUT2D eigenvalue weighted by Gasteiger charge is -2.27. The summed E-state index contributed by atoms with van der Waals surface area (Å²) in [6.07, 6.45) is 4.82. The van der Waals surface area contributed by atoms with Crippen LogP contribution < -0.4 is 5.32 Å². The van der Waals surface area contributed by atoms with E-state index in [-0.39, 0.29) is 11.8 Å². The first-order chi connectivity index (χ1) is 12.1. The molecule has 0 spiro atoms. The first kappa shape index (κ1) is 18.4. The van der Waals surface area contributed by atoms with Crippen LogP contribution in [-0.4, -0.2) is 67.6 Å². The minimum Gasteiger partial charge on any atom is -0.378 e. The molecule has 6 nitrogen and oxygen atoms in total. The summed E-state index contributed by atoms with van der Waals surface area (Å²) in [4.78, 5) is 30.3. The van der Waals surface area contributed by atoms with Gasteiger partial charge in [0.1, 0.15) is 0 Å². The van der Waals surface area contributed by atoms with Gasteiger partial charge in [0.25, 0.3) is 5.91 Å². The van der Waals surface area contributed by atoms with Gasteiger partial charge in [-0.05, 0) is 32.9 Å². The summed E-state index contributed by atoms with van der Waals surface area (Å²) in [5, 5.41) is 4.85. The molecule has 2 aliphatic heterocycles. The fourth-order valence-corrected chi connectivity index (χ4v) is 4.17. The van der Waals surface area contributed by atoms with Crippen molar-refractivity contribution in [2.75, 3.05) is 51.3 Å². The first-order valence-electron chi connectivity index (χ1n) is 9.12. The van der Waals surface area contributed by atoms with E-state index >= 15 is 0 Å². The fraction of sp³-hybridized carbons (Fsp3) is 0.667. The maximum absolute atomic E-state index is 12.8. The number of thiophene rings is 1. The van der Waals surface area contributed by atoms with Crippen LogP contribution in [0.2, 0.25) is 0 Å². The maximum atomic E-state index is 12.8. The Kier molecular flexibility index (Phi) is 6.45. The molecular formula is C18H27N3O3S. The number of ether oxygens (including phenoxy) is 1. The molecule has 0 aromatic carbocycles. The molecule has 3 rings (SSSR count). The van der Waals surface area contributed by atoms with Crippen LogP contribution in [0.3, 0.4) is 0 Å². The van der Waals surface area contributed by atoms with Crippen LogP contribution in [0.15, 0.2) is 5.38 Å². The molecule has 3 heterocycles. The van der Waals surface area contributed by atoms with E-state index in [0.29, 0.717) is 44.1 Å². The predicted octanol–water partition coefficient (Wildman–Crippen LogP) is 2.34. The average molecular weight is 365 g/mol. The molecule has 25 heavy (non-hydrogen) atoms. The number of hydrogen-bond acceptors (Lipinski definition) is 5. The molecule has 0 radical (unpaired) electrons. The van der Waals surface area contributed by atoms with Gasteiger partial charge in [-0.25, -0.2) is 0 Å². The van der Waals surface area contributed by atoms with Crippen molar-refractivity contribution in [1.82, 2.24) is 9.80 Å². The van der Waals surface area contributed by atoms with E-state index in [1.165, 1.54) is 24.2 Å². The number of carbonyl (C=O) groups is 2. The van der Waals surface area contributed by atoms with Crippen LogP contribution in [0.1, 0.15) is 40.9 Å². The molecule has 1 aromatic rings. The van der Waals surface area contributed by atoms with Gasteiger partial charge in [-0.1, -0.05) is 12.8 Å². The van der Waals surface area contributed by atoms with Gasteiger partial charge in [0.2, 0.25) is 5.91 Å². The third-order valence-electron chi connectivity index (χ3n) is 4.83. The SMILES string of the molecule is Cc1scc(C(=O)N2CCOCC2)c1NC(=O)CN1CCCCCC1. The molecule has 0 aliphatic carbocycles. The lowest BCUT2D eigenvalue weighted by Crippen LogP contribution is -2.41. The Labute approximate surface area is 153 Å². The normalized spacial score (nSPS) is 19.5. The molecule has 0 atom stereocenters. The Morgan fingerprint density at radius 2 is 1.80 bits per heavy atom. The number of amides is 2. The van der Waals surface area contributed by atoms with Gasteiger partial charge >= 0.3 is 0 Å². The molecular weight excluding hydrogens is 338 g/mol. The molecule has 1 N–H and O–H groups in total. The minimum absolute atomic E-state index is 0.0160. The van der Waals surface area contributed by atoms with E-state index in [0.717, 1.165) is 30.8 Å². The van der Waals surface area contributed by atoms with Gasteiger partial charge in [0.15, 0.2) is 0 Å². The Morgan fingerprint density at radius 3 is 2.48 bits per heavy atom. The van der Waals surface area contributed by atoms with Gasteiger partial charge in [0, 0.05) is 23.3 Å². The van der Waals surface area contributed by atoms with Gasteiger partial charge < -0.3 is 15.0 Å². The fourth-order valence-electron chi connectivity index (χ4n) is 3.38. The number of nitrogens with one attached hydrogen (secondary N) is 1. The second kappa shape index (κ2) is 8.78. The summed E-state index contributed by atoms with van der Waals surface area (Å²) < 4.78 is 5.31. The highest BCUT2D eigenvalue weighted by Gasteiger charge is 2.24. The average Bonchev–Trinajstić information content (AvgIpc) is 2.82. The molecule has 0 unspecified atom stereocenters. The topological polar surface area (TPSA) is 61.9 Å². The van der Waals surface area contributed by atoms with Crippen LogP contribution in [0.4, 0.5) is 5.69 Å². The highest BCUT2D eigenvalue weighted by molar-refractivity contribution is 7.10. The van der Waals surface area contributed by atoms with Crippen molar-refractivity contribution < 1.29 is 14.3 Å². The molecule has 2 aliphatic rings. The lowest BCUT2D eigenvalue weighted by molar-refractivity contribution is -0.117. The number of morpholine rings is 1. The van der Waals surface area contributed by atoms with Crippen LogP contribution in [0, 0.1) is 6.92 Å². The number of likely N-dealkylation sites (tertiary alicyclic amines) is 1. The summed E-state index contributed by atoms with van der Waals surface area (Å²) in [6.45, 7) is 6.68. The standard InChI is InChI=1S/C18H27N3O3S/c1-14-17(19-16(22)12-20-6-4-2-3-5-7-20)15(13-25-14)18(23)21-8-10-24-11-9-21/h13H,2-12H2,1H3,(H,19,22). The third kappa shape index (κ3) is 4.80. The van der Waals surface area contributed by atoms with E-state index in [1.807, 2.05) is 12.3 Å². The zero-order valence-corrected chi connectivity index (χ0v) is 15.7. The van der Waals surface area contributed by atoms with Crippen molar-refractivity contribution in [2.45, 2.75) is 32.6 Å². The molecule has 0 saturated carbocycles. The number of nitrogens with zero attached hydrogens (tertiary/aromatic N) is 2. The number of aryl methyl sites for hydroxylation is 1. The van der Waals surface area contributed by atoms with E-state index in [1.54, 1.807) is 4.90 Å². The second-order valence-electron chi connectivity index (χ2n) is 6.72. The Morgan fingerprint density at radius 1 is 1.12 bits per heavy atom. The highest BCUT2D eigenvalue weighted by Crippen LogP contribution is 2.29. The van der Waals surface area contributed by atoms with Crippen molar-refractivity contribution in [3.8, 4) is 0 Å². The minimum atomic E-state index is -0.0283. The van der Waals surface area contributed by atoms with Gasteiger partial charge in [-0.2, -0.15) is 0 Å². The quantitative estimate of drug-likeness (QED) is 0.890. The number of anilines is 1. The van der Waals surface area contributed by atoms with Crippen molar-refractivity contribution in [2.24, 2.45) is 0 Å². The zero-order valence-electron chi connectivity index (χ0n) is 14.9. The smallest absolute Gasteiger partial charge is 0.256 e. The lowest BCUT2D eigenvalue weighted by atomic mass is 10.2. The maximum Gasteiger partial charge on any atom is 0.256 e. The molecule has 2 fully saturated rings. The van der Waals surface area contributed by atoms with Crippen molar-refractivity contribution >= 4 is 28.8 Å². The summed E-state index contributed by atoms with van der Waals surface area (Å²) in [7, 11) is 0. The Balaban J connectivity index is 1.64. The second-order valence-corrected chi connectivity index (χ2v) is 7.81. The third-order valence-corrected chi connectivity index (χ3v) is 5.75. The number of rotatable bonds is 4. The van der Waals surface area contributed by atoms with Gasteiger partial charge in [0.05, 0.1) is 31.0 Å². The highest BCUT2D eigenvalue weighted by atomic mass is 32.1. The van der Waals surface area contributed by atoms with Crippen molar-refractivity contribution in [3.05, 3.63) is 15.8 Å². The van der Waals surface area contributed by atoms with Crippen LogP contribution >= 0.6 is 11.3 Å². The van der Waals surface area contributed by atoms with Crippen molar-refractivity contribution in [1.29, 1.82) is 0 Å². The molecule has 138 valence electrons. The van der Waals surface area contributed by atoms with E-state index in [9.17, 15) is 9.59 Å². The molecule has 1 aromatic heterocycles.